The number of piperidine rings is 1. The van der Waals surface area contributed by atoms with Gasteiger partial charge >= 0.3 is 0 Å². The molecule has 0 N–H and O–H groups in total. The van der Waals surface area contributed by atoms with Crippen LogP contribution in [0.15, 0.2) is 33.7 Å². The fourth-order valence-electron chi connectivity index (χ4n) is 3.04. The van der Waals surface area contributed by atoms with Crippen LogP contribution in [0, 0.1) is 0 Å². The SMILES string of the molecule is COc1cccc(OC)c1OC1CCN(c2cnn(C)c(=O)c2Br)CC1. The number of aryl methyl sites for hydroxylation is 1. The highest BCUT2D eigenvalue weighted by Gasteiger charge is 2.25. The first-order valence-electron chi connectivity index (χ1n) is 8.39. The zero-order chi connectivity index (χ0) is 18.7. The highest BCUT2D eigenvalue weighted by molar-refractivity contribution is 9.10. The Hall–Kier alpha value is -2.22. The van der Waals surface area contributed by atoms with Gasteiger partial charge in [-0.1, -0.05) is 6.07 Å². The lowest BCUT2D eigenvalue weighted by molar-refractivity contribution is 0.158. The van der Waals surface area contributed by atoms with Gasteiger partial charge in [0.05, 0.1) is 26.1 Å². The summed E-state index contributed by atoms with van der Waals surface area (Å²) in [5.41, 5.74) is 0.682. The Morgan fingerprint density at radius 1 is 1.15 bits per heavy atom. The minimum Gasteiger partial charge on any atom is -0.493 e. The summed E-state index contributed by atoms with van der Waals surface area (Å²) in [4.78, 5) is 14.2. The molecular weight excluding hydrogens is 402 g/mol. The maximum atomic E-state index is 12.1. The molecule has 1 aliphatic rings. The molecule has 0 bridgehead atoms. The average molecular weight is 424 g/mol. The number of methoxy groups -OCH3 is 2. The van der Waals surface area contributed by atoms with Crippen molar-refractivity contribution in [3.63, 3.8) is 0 Å². The van der Waals surface area contributed by atoms with Crippen LogP contribution in [0.5, 0.6) is 17.2 Å². The van der Waals surface area contributed by atoms with Crippen LogP contribution in [-0.4, -0.2) is 43.2 Å². The Kier molecular flexibility index (Phi) is 5.70. The number of para-hydroxylation sites is 1. The molecule has 1 aliphatic heterocycles. The molecule has 2 aromatic rings. The third kappa shape index (κ3) is 3.65. The molecule has 1 fully saturated rings. The summed E-state index contributed by atoms with van der Waals surface area (Å²) in [5, 5.41) is 4.12. The number of nitrogens with zero attached hydrogens (tertiary/aromatic N) is 3. The molecular formula is C18H22BrN3O4. The van der Waals surface area contributed by atoms with Crippen molar-refractivity contribution in [3.8, 4) is 17.2 Å². The molecule has 2 heterocycles. The zero-order valence-corrected chi connectivity index (χ0v) is 16.7. The van der Waals surface area contributed by atoms with Crippen LogP contribution in [0.3, 0.4) is 0 Å². The van der Waals surface area contributed by atoms with Crippen molar-refractivity contribution in [2.24, 2.45) is 7.05 Å². The molecule has 3 rings (SSSR count). The van der Waals surface area contributed by atoms with Crippen LogP contribution in [0.2, 0.25) is 0 Å². The summed E-state index contributed by atoms with van der Waals surface area (Å²) in [6.45, 7) is 1.55. The number of ether oxygens (including phenoxy) is 3. The first-order chi connectivity index (χ1) is 12.5. The van der Waals surface area contributed by atoms with E-state index in [1.807, 2.05) is 18.2 Å². The van der Waals surface area contributed by atoms with E-state index in [0.717, 1.165) is 31.6 Å². The van der Waals surface area contributed by atoms with Gasteiger partial charge in [0.2, 0.25) is 5.75 Å². The van der Waals surface area contributed by atoms with Crippen molar-refractivity contribution in [3.05, 3.63) is 39.2 Å². The van der Waals surface area contributed by atoms with Crippen LogP contribution < -0.4 is 24.7 Å². The van der Waals surface area contributed by atoms with E-state index in [-0.39, 0.29) is 11.7 Å². The number of halogens is 1. The van der Waals surface area contributed by atoms with E-state index in [0.29, 0.717) is 21.7 Å². The van der Waals surface area contributed by atoms with E-state index >= 15 is 0 Å². The molecule has 0 aliphatic carbocycles. The molecule has 0 atom stereocenters. The van der Waals surface area contributed by atoms with Gasteiger partial charge in [-0.2, -0.15) is 5.10 Å². The second kappa shape index (κ2) is 7.99. The molecule has 0 saturated carbocycles. The second-order valence-electron chi connectivity index (χ2n) is 6.07. The maximum absolute atomic E-state index is 12.1. The van der Waals surface area contributed by atoms with Crippen LogP contribution >= 0.6 is 15.9 Å². The highest BCUT2D eigenvalue weighted by Crippen LogP contribution is 2.38. The Balaban J connectivity index is 1.70. The van der Waals surface area contributed by atoms with Gasteiger partial charge < -0.3 is 19.1 Å². The van der Waals surface area contributed by atoms with Crippen molar-refractivity contribution >= 4 is 21.6 Å². The van der Waals surface area contributed by atoms with Gasteiger partial charge in [-0.25, -0.2) is 4.68 Å². The van der Waals surface area contributed by atoms with Gasteiger partial charge in [-0.15, -0.1) is 0 Å². The number of aromatic nitrogens is 2. The summed E-state index contributed by atoms with van der Waals surface area (Å²) in [6.07, 6.45) is 3.41. The molecule has 26 heavy (non-hydrogen) atoms. The number of anilines is 1. The third-order valence-corrected chi connectivity index (χ3v) is 5.26. The number of hydrogen-bond acceptors (Lipinski definition) is 6. The second-order valence-corrected chi connectivity index (χ2v) is 6.86. The summed E-state index contributed by atoms with van der Waals surface area (Å²) >= 11 is 3.39. The van der Waals surface area contributed by atoms with Crippen LogP contribution in [0.4, 0.5) is 5.69 Å². The van der Waals surface area contributed by atoms with Crippen LogP contribution in [0.25, 0.3) is 0 Å². The van der Waals surface area contributed by atoms with E-state index in [1.54, 1.807) is 27.5 Å². The normalized spacial score (nSPS) is 15.0. The van der Waals surface area contributed by atoms with Gasteiger partial charge in [0.1, 0.15) is 10.6 Å². The average Bonchev–Trinajstić information content (AvgIpc) is 2.67. The molecule has 8 heteroatoms. The topological polar surface area (TPSA) is 65.8 Å². The highest BCUT2D eigenvalue weighted by atomic mass is 79.9. The number of hydrogen-bond donors (Lipinski definition) is 0. The van der Waals surface area contributed by atoms with Crippen LogP contribution in [-0.2, 0) is 7.05 Å². The zero-order valence-electron chi connectivity index (χ0n) is 15.1. The lowest BCUT2D eigenvalue weighted by Crippen LogP contribution is -2.39. The fourth-order valence-corrected chi connectivity index (χ4v) is 3.65. The number of rotatable bonds is 5. The van der Waals surface area contributed by atoms with Gasteiger partial charge in [-0.3, -0.25) is 4.79 Å². The van der Waals surface area contributed by atoms with Gasteiger partial charge in [-0.05, 0) is 28.1 Å². The number of benzene rings is 1. The molecule has 7 nitrogen and oxygen atoms in total. The van der Waals surface area contributed by atoms with Crippen molar-refractivity contribution in [1.82, 2.24) is 9.78 Å². The van der Waals surface area contributed by atoms with Crippen molar-refractivity contribution in [1.29, 1.82) is 0 Å². The minimum absolute atomic E-state index is 0.0507. The molecule has 0 radical (unpaired) electrons. The van der Waals surface area contributed by atoms with E-state index in [1.165, 1.54) is 4.68 Å². The minimum atomic E-state index is -0.139. The molecule has 1 aromatic carbocycles. The third-order valence-electron chi connectivity index (χ3n) is 4.51. The molecule has 0 amide bonds. The predicted octanol–water partition coefficient (Wildman–Crippen LogP) is 2.61. The first kappa shape index (κ1) is 18.6. The molecule has 0 spiro atoms. The van der Waals surface area contributed by atoms with E-state index in [4.69, 9.17) is 14.2 Å². The molecule has 140 valence electrons. The largest absolute Gasteiger partial charge is 0.493 e. The Morgan fingerprint density at radius 2 is 1.77 bits per heavy atom. The van der Waals surface area contributed by atoms with E-state index in [9.17, 15) is 4.79 Å². The quantitative estimate of drug-likeness (QED) is 0.736. The van der Waals surface area contributed by atoms with Crippen molar-refractivity contribution in [2.75, 3.05) is 32.2 Å². The fraction of sp³-hybridized carbons (Fsp3) is 0.444. The van der Waals surface area contributed by atoms with Crippen molar-refractivity contribution in [2.45, 2.75) is 18.9 Å². The predicted molar refractivity (Wildman–Crippen MR) is 103 cm³/mol. The standard InChI is InChI=1S/C18H22BrN3O4/c1-21-18(23)16(19)13(11-20-21)22-9-7-12(8-10-22)26-17-14(24-2)5-4-6-15(17)25-3/h4-6,11-12H,7-10H2,1-3H3. The molecule has 1 saturated heterocycles. The lowest BCUT2D eigenvalue weighted by Gasteiger charge is -2.34. The van der Waals surface area contributed by atoms with E-state index < -0.39 is 0 Å². The lowest BCUT2D eigenvalue weighted by atomic mass is 10.1. The monoisotopic (exact) mass is 423 g/mol. The summed E-state index contributed by atoms with van der Waals surface area (Å²) in [6, 6.07) is 5.58. The van der Waals surface area contributed by atoms with Crippen molar-refractivity contribution < 1.29 is 14.2 Å². The van der Waals surface area contributed by atoms with Gasteiger partial charge in [0.15, 0.2) is 11.5 Å². The first-order valence-corrected chi connectivity index (χ1v) is 9.18. The Morgan fingerprint density at radius 3 is 2.35 bits per heavy atom. The van der Waals surface area contributed by atoms with Gasteiger partial charge in [0, 0.05) is 33.0 Å². The molecule has 1 aromatic heterocycles. The summed E-state index contributed by atoms with van der Waals surface area (Å²) in [7, 11) is 4.87. The summed E-state index contributed by atoms with van der Waals surface area (Å²) < 4.78 is 18.8. The summed E-state index contributed by atoms with van der Waals surface area (Å²) in [5.74, 6) is 1.95. The van der Waals surface area contributed by atoms with Gasteiger partial charge in [0.25, 0.3) is 5.56 Å². The van der Waals surface area contributed by atoms with Crippen LogP contribution in [0.1, 0.15) is 12.8 Å². The smallest absolute Gasteiger partial charge is 0.282 e. The van der Waals surface area contributed by atoms with E-state index in [2.05, 4.69) is 25.9 Å². The maximum Gasteiger partial charge on any atom is 0.282 e. The Bertz CT molecular complexity index is 809. The Labute approximate surface area is 160 Å². The molecule has 0 unspecified atom stereocenters.